The van der Waals surface area contributed by atoms with Gasteiger partial charge in [0, 0.05) is 0 Å². The molecule has 0 heterocycles. The third-order valence-electron chi connectivity index (χ3n) is 1.12. The second-order valence-corrected chi connectivity index (χ2v) is 2.09. The van der Waals surface area contributed by atoms with Crippen molar-refractivity contribution in [3.63, 3.8) is 0 Å². The van der Waals surface area contributed by atoms with Crippen molar-refractivity contribution < 1.29 is 4.39 Å². The van der Waals surface area contributed by atoms with Crippen LogP contribution in [0.5, 0.6) is 0 Å². The van der Waals surface area contributed by atoms with E-state index in [1.165, 1.54) is 12.2 Å². The summed E-state index contributed by atoms with van der Waals surface area (Å²) in [5.74, 6) is 0. The number of hydrogen-bond acceptors (Lipinski definition) is 0. The maximum atomic E-state index is 12.6. The summed E-state index contributed by atoms with van der Waals surface area (Å²) in [5, 5.41) is 0. The molecule has 0 spiro atoms. The van der Waals surface area contributed by atoms with Crippen LogP contribution in [0.1, 0.15) is 13.8 Å². The second-order valence-electron chi connectivity index (χ2n) is 2.09. The molecule has 0 aromatic rings. The van der Waals surface area contributed by atoms with Gasteiger partial charge in [0.2, 0.25) is 0 Å². The zero-order chi connectivity index (χ0) is 7.98. The topological polar surface area (TPSA) is 0 Å². The summed E-state index contributed by atoms with van der Waals surface area (Å²) in [6, 6.07) is 0. The van der Waals surface area contributed by atoms with Crippen LogP contribution in [0.3, 0.4) is 0 Å². The van der Waals surface area contributed by atoms with Crippen molar-refractivity contribution >= 4 is 0 Å². The van der Waals surface area contributed by atoms with Crippen LogP contribution in [-0.4, -0.2) is 6.17 Å². The minimum Gasteiger partial charge on any atom is -0.238 e. The molecule has 0 rings (SSSR count). The first-order valence-electron chi connectivity index (χ1n) is 3.28. The minimum absolute atomic E-state index is 0.866. The first kappa shape index (κ1) is 9.15. The first-order valence-corrected chi connectivity index (χ1v) is 3.28. The Morgan fingerprint density at radius 3 is 2.60 bits per heavy atom. The van der Waals surface area contributed by atoms with Crippen LogP contribution < -0.4 is 0 Å². The molecule has 0 N–H and O–H groups in total. The quantitative estimate of drug-likeness (QED) is 0.417. The molecule has 56 valence electrons. The average Bonchev–Trinajstić information content (AvgIpc) is 1.88. The zero-order valence-corrected chi connectivity index (χ0v) is 6.47. The molecule has 0 amide bonds. The molecule has 0 bridgehead atoms. The second kappa shape index (κ2) is 4.98. The summed E-state index contributed by atoms with van der Waals surface area (Å²) in [7, 11) is 0. The van der Waals surface area contributed by atoms with Gasteiger partial charge in [-0.05, 0) is 19.9 Å². The highest BCUT2D eigenvalue weighted by atomic mass is 19.1. The summed E-state index contributed by atoms with van der Waals surface area (Å²) in [6.45, 7) is 7.13. The van der Waals surface area contributed by atoms with Gasteiger partial charge in [-0.1, -0.05) is 30.4 Å². The van der Waals surface area contributed by atoms with Gasteiger partial charge in [-0.2, -0.15) is 0 Å². The van der Waals surface area contributed by atoms with Gasteiger partial charge in [0.05, 0.1) is 0 Å². The molecule has 0 saturated heterocycles. The Morgan fingerprint density at radius 2 is 2.20 bits per heavy atom. The van der Waals surface area contributed by atoms with Crippen molar-refractivity contribution in [3.05, 3.63) is 36.5 Å². The van der Waals surface area contributed by atoms with Crippen LogP contribution in [0, 0.1) is 0 Å². The highest BCUT2D eigenvalue weighted by Gasteiger charge is 1.93. The lowest BCUT2D eigenvalue weighted by atomic mass is 10.2. The number of allylic oxidation sites excluding steroid dienone is 5. The van der Waals surface area contributed by atoms with E-state index in [2.05, 4.69) is 6.58 Å². The van der Waals surface area contributed by atoms with E-state index in [9.17, 15) is 4.39 Å². The molecule has 0 aliphatic heterocycles. The summed E-state index contributed by atoms with van der Waals surface area (Å²) >= 11 is 0. The smallest absolute Gasteiger partial charge is 0.137 e. The number of hydrogen-bond donors (Lipinski definition) is 0. The van der Waals surface area contributed by atoms with Crippen molar-refractivity contribution in [2.24, 2.45) is 0 Å². The third-order valence-corrected chi connectivity index (χ3v) is 1.12. The van der Waals surface area contributed by atoms with Crippen LogP contribution in [0.2, 0.25) is 0 Å². The predicted octanol–water partition coefficient (Wildman–Crippen LogP) is 3.03. The Bertz CT molecular complexity index is 154. The molecule has 0 saturated carbocycles. The lowest BCUT2D eigenvalue weighted by molar-refractivity contribution is 0.467. The van der Waals surface area contributed by atoms with E-state index in [1.54, 1.807) is 19.1 Å². The molecular weight excluding hydrogens is 127 g/mol. The molecule has 1 unspecified atom stereocenters. The third kappa shape index (κ3) is 4.07. The lowest BCUT2D eigenvalue weighted by Crippen LogP contribution is -1.88. The molecule has 1 atom stereocenters. The summed E-state index contributed by atoms with van der Waals surface area (Å²) in [5.41, 5.74) is 0.866. The summed E-state index contributed by atoms with van der Waals surface area (Å²) in [4.78, 5) is 0. The van der Waals surface area contributed by atoms with Crippen LogP contribution in [0.25, 0.3) is 0 Å². The van der Waals surface area contributed by atoms with Crippen molar-refractivity contribution in [2.75, 3.05) is 0 Å². The molecule has 10 heavy (non-hydrogen) atoms. The van der Waals surface area contributed by atoms with Crippen LogP contribution >= 0.6 is 0 Å². The Hall–Kier alpha value is -0.850. The number of alkyl halides is 1. The molecular formula is C9H13F. The van der Waals surface area contributed by atoms with E-state index in [0.29, 0.717) is 0 Å². The molecule has 0 aliphatic rings. The van der Waals surface area contributed by atoms with Gasteiger partial charge in [0.15, 0.2) is 0 Å². The highest BCUT2D eigenvalue weighted by Crippen LogP contribution is 2.01. The van der Waals surface area contributed by atoms with Crippen molar-refractivity contribution in [1.82, 2.24) is 0 Å². The Kier molecular flexibility index (Phi) is 4.55. The number of rotatable bonds is 3. The van der Waals surface area contributed by atoms with Gasteiger partial charge in [-0.15, -0.1) is 0 Å². The molecule has 0 aromatic heterocycles. The monoisotopic (exact) mass is 140 g/mol. The van der Waals surface area contributed by atoms with Gasteiger partial charge in [-0.3, -0.25) is 0 Å². The number of halogens is 1. The Morgan fingerprint density at radius 1 is 1.60 bits per heavy atom. The maximum Gasteiger partial charge on any atom is 0.137 e. The maximum absolute atomic E-state index is 12.6. The SMILES string of the molecule is C=CC(C)=CC(F)/C=C\C. The fourth-order valence-electron chi connectivity index (χ4n) is 0.559. The molecule has 1 heteroatoms. The standard InChI is InChI=1S/C9H13F/c1-4-6-9(10)7-8(3)5-2/h4-7,9H,2H2,1,3H3/b6-4-,8-7?. The van der Waals surface area contributed by atoms with Crippen LogP contribution in [0.4, 0.5) is 4.39 Å². The normalized spacial score (nSPS) is 15.7. The van der Waals surface area contributed by atoms with E-state index in [0.717, 1.165) is 5.57 Å². The molecule has 0 aliphatic carbocycles. The van der Waals surface area contributed by atoms with Crippen molar-refractivity contribution in [3.8, 4) is 0 Å². The first-order chi connectivity index (χ1) is 4.70. The fraction of sp³-hybridized carbons (Fsp3) is 0.333. The van der Waals surface area contributed by atoms with E-state index in [-0.39, 0.29) is 0 Å². The molecule has 0 fully saturated rings. The zero-order valence-electron chi connectivity index (χ0n) is 6.47. The molecule has 0 nitrogen and oxygen atoms in total. The predicted molar refractivity (Wildman–Crippen MR) is 43.7 cm³/mol. The fourth-order valence-corrected chi connectivity index (χ4v) is 0.559. The van der Waals surface area contributed by atoms with Gasteiger partial charge < -0.3 is 0 Å². The molecule has 0 aromatic carbocycles. The Labute approximate surface area is 61.8 Å². The van der Waals surface area contributed by atoms with E-state index < -0.39 is 6.17 Å². The van der Waals surface area contributed by atoms with E-state index in [4.69, 9.17) is 0 Å². The summed E-state index contributed by atoms with van der Waals surface area (Å²) in [6.07, 6.45) is 5.37. The van der Waals surface area contributed by atoms with Gasteiger partial charge in [-0.25, -0.2) is 4.39 Å². The van der Waals surface area contributed by atoms with Crippen molar-refractivity contribution in [1.29, 1.82) is 0 Å². The van der Waals surface area contributed by atoms with Gasteiger partial charge in [0.1, 0.15) is 6.17 Å². The van der Waals surface area contributed by atoms with Crippen LogP contribution in [-0.2, 0) is 0 Å². The largest absolute Gasteiger partial charge is 0.238 e. The van der Waals surface area contributed by atoms with E-state index in [1.807, 2.05) is 6.92 Å². The van der Waals surface area contributed by atoms with Gasteiger partial charge in [0.25, 0.3) is 0 Å². The average molecular weight is 140 g/mol. The van der Waals surface area contributed by atoms with Crippen LogP contribution in [0.15, 0.2) is 36.5 Å². The highest BCUT2D eigenvalue weighted by molar-refractivity contribution is 5.17. The van der Waals surface area contributed by atoms with Gasteiger partial charge >= 0.3 is 0 Å². The molecule has 0 radical (unpaired) electrons. The lowest BCUT2D eigenvalue weighted by Gasteiger charge is -1.94. The Balaban J connectivity index is 3.98. The van der Waals surface area contributed by atoms with E-state index >= 15 is 0 Å². The summed E-state index contributed by atoms with van der Waals surface area (Å²) < 4.78 is 12.6. The minimum atomic E-state index is -0.969. The van der Waals surface area contributed by atoms with Crippen molar-refractivity contribution in [2.45, 2.75) is 20.0 Å².